The highest BCUT2D eigenvalue weighted by atomic mass is 16.5. The van der Waals surface area contributed by atoms with E-state index in [1.54, 1.807) is 6.08 Å². The zero-order valence-corrected chi connectivity index (χ0v) is 15.9. The zero-order chi connectivity index (χ0) is 21.4. The molecule has 0 radical (unpaired) electrons. The number of ketones is 2. The second-order valence-electron chi connectivity index (χ2n) is 6.70. The number of methoxy groups -OCH3 is 1. The van der Waals surface area contributed by atoms with Gasteiger partial charge in [0.15, 0.2) is 11.6 Å². The van der Waals surface area contributed by atoms with E-state index in [2.05, 4.69) is 0 Å². The summed E-state index contributed by atoms with van der Waals surface area (Å²) in [6, 6.07) is 14.6. The van der Waals surface area contributed by atoms with E-state index in [0.29, 0.717) is 0 Å². The van der Waals surface area contributed by atoms with E-state index in [4.69, 9.17) is 4.74 Å². The molecule has 0 heterocycles. The van der Waals surface area contributed by atoms with Gasteiger partial charge < -0.3 is 14.9 Å². The van der Waals surface area contributed by atoms with Crippen LogP contribution in [-0.2, 0) is 0 Å². The first-order valence-corrected chi connectivity index (χ1v) is 9.06. The van der Waals surface area contributed by atoms with Crippen LogP contribution < -0.4 is 4.74 Å². The molecule has 6 nitrogen and oxygen atoms in total. The van der Waals surface area contributed by atoms with Crippen molar-refractivity contribution in [1.29, 1.82) is 0 Å². The number of rotatable bonds is 4. The van der Waals surface area contributed by atoms with E-state index >= 15 is 0 Å². The lowest BCUT2D eigenvalue weighted by molar-refractivity contribution is 0.0692. The van der Waals surface area contributed by atoms with Crippen molar-refractivity contribution in [3.63, 3.8) is 0 Å². The highest BCUT2D eigenvalue weighted by Crippen LogP contribution is 2.39. The number of benzene rings is 3. The molecule has 1 aliphatic carbocycles. The summed E-state index contributed by atoms with van der Waals surface area (Å²) in [6.45, 7) is 0. The van der Waals surface area contributed by atoms with Gasteiger partial charge in [0.25, 0.3) is 0 Å². The van der Waals surface area contributed by atoms with Gasteiger partial charge in [0.2, 0.25) is 0 Å². The van der Waals surface area contributed by atoms with Gasteiger partial charge in [-0.05, 0) is 17.7 Å². The van der Waals surface area contributed by atoms with Crippen molar-refractivity contribution in [2.24, 2.45) is 0 Å². The summed E-state index contributed by atoms with van der Waals surface area (Å²) in [6.07, 6.45) is 3.13. The molecule has 0 saturated heterocycles. The molecule has 3 aromatic carbocycles. The zero-order valence-electron chi connectivity index (χ0n) is 15.9. The normalized spacial score (nSPS) is 12.6. The molecule has 1 aliphatic rings. The van der Waals surface area contributed by atoms with Crippen molar-refractivity contribution in [3.05, 3.63) is 93.5 Å². The van der Waals surface area contributed by atoms with Crippen LogP contribution in [0, 0.1) is 0 Å². The lowest BCUT2D eigenvalue weighted by atomic mass is 9.79. The summed E-state index contributed by atoms with van der Waals surface area (Å²) < 4.78 is 5.23. The van der Waals surface area contributed by atoms with Crippen molar-refractivity contribution in [3.8, 4) is 11.5 Å². The Labute approximate surface area is 171 Å². The molecule has 30 heavy (non-hydrogen) atoms. The summed E-state index contributed by atoms with van der Waals surface area (Å²) in [5.74, 6) is -2.76. The van der Waals surface area contributed by atoms with E-state index in [0.717, 1.165) is 5.56 Å². The molecule has 0 saturated carbocycles. The van der Waals surface area contributed by atoms with Gasteiger partial charge in [-0.3, -0.25) is 9.59 Å². The smallest absolute Gasteiger partial charge is 0.340 e. The molecule has 0 atom stereocenters. The van der Waals surface area contributed by atoms with Crippen LogP contribution in [0.1, 0.15) is 53.3 Å². The van der Waals surface area contributed by atoms with Crippen LogP contribution in [0.15, 0.2) is 54.6 Å². The molecule has 6 heteroatoms. The molecule has 0 aromatic heterocycles. The van der Waals surface area contributed by atoms with Crippen LogP contribution in [0.2, 0.25) is 0 Å². The molecule has 0 unspecified atom stereocenters. The fraction of sp³-hybridized carbons (Fsp3) is 0.0417. The Kier molecular flexibility index (Phi) is 4.68. The number of carboxylic acid groups (broad SMARTS) is 1. The molecular weight excluding hydrogens is 384 g/mol. The van der Waals surface area contributed by atoms with Crippen molar-refractivity contribution >= 4 is 29.7 Å². The Bertz CT molecular complexity index is 1240. The van der Waals surface area contributed by atoms with E-state index in [9.17, 15) is 24.6 Å². The monoisotopic (exact) mass is 400 g/mol. The SMILES string of the molecule is COc1cc2c(c(/C=C/c3ccccc3)c1C(=O)O)C(=O)c1c(O)cccc1C2=O. The largest absolute Gasteiger partial charge is 0.507 e. The quantitative estimate of drug-likeness (QED) is 0.501. The van der Waals surface area contributed by atoms with E-state index in [1.807, 2.05) is 30.3 Å². The van der Waals surface area contributed by atoms with Crippen molar-refractivity contribution < 1.29 is 29.3 Å². The molecular formula is C24H16O6. The van der Waals surface area contributed by atoms with Gasteiger partial charge in [-0.15, -0.1) is 0 Å². The van der Waals surface area contributed by atoms with Crippen molar-refractivity contribution in [2.45, 2.75) is 0 Å². The second-order valence-corrected chi connectivity index (χ2v) is 6.70. The van der Waals surface area contributed by atoms with Gasteiger partial charge in [0.05, 0.1) is 12.7 Å². The number of aromatic carboxylic acids is 1. The number of carboxylic acids is 1. The van der Waals surface area contributed by atoms with Gasteiger partial charge in [0, 0.05) is 22.3 Å². The Morgan fingerprint density at radius 3 is 2.30 bits per heavy atom. The number of carbonyl (C=O) groups is 3. The summed E-state index contributed by atoms with van der Waals surface area (Å²) in [5, 5.41) is 20.0. The Balaban J connectivity index is 2.05. The minimum Gasteiger partial charge on any atom is -0.507 e. The summed E-state index contributed by atoms with van der Waals surface area (Å²) in [7, 11) is 1.30. The summed E-state index contributed by atoms with van der Waals surface area (Å²) in [4.78, 5) is 38.4. The molecule has 4 rings (SSSR count). The number of phenolic OH excluding ortho intramolecular Hbond substituents is 1. The maximum absolute atomic E-state index is 13.3. The molecule has 0 fully saturated rings. The maximum Gasteiger partial charge on any atom is 0.340 e. The molecule has 2 N–H and O–H groups in total. The van der Waals surface area contributed by atoms with Gasteiger partial charge in [-0.1, -0.05) is 54.6 Å². The van der Waals surface area contributed by atoms with Crippen LogP contribution in [0.4, 0.5) is 0 Å². The van der Waals surface area contributed by atoms with Crippen LogP contribution in [-0.4, -0.2) is 34.9 Å². The van der Waals surface area contributed by atoms with Gasteiger partial charge in [0.1, 0.15) is 17.1 Å². The van der Waals surface area contributed by atoms with Crippen LogP contribution in [0.25, 0.3) is 12.2 Å². The standard InChI is InChI=1S/C24H16O6/c1-30-18-12-16-19(23(27)20-15(22(16)26)8-5-9-17(20)25)14(21(18)24(28)29)11-10-13-6-3-2-4-7-13/h2-12,25H,1H3,(H,28,29)/b11-10+. The number of hydrogen-bond acceptors (Lipinski definition) is 5. The Morgan fingerprint density at radius 2 is 1.63 bits per heavy atom. The van der Waals surface area contributed by atoms with Crippen LogP contribution in [0.5, 0.6) is 11.5 Å². The predicted octanol–water partition coefficient (Wildman–Crippen LogP) is 4.04. The van der Waals surface area contributed by atoms with E-state index < -0.39 is 17.5 Å². The first-order valence-electron chi connectivity index (χ1n) is 9.06. The number of ether oxygens (including phenoxy) is 1. The van der Waals surface area contributed by atoms with Crippen LogP contribution >= 0.6 is 0 Å². The number of aromatic hydroxyl groups is 1. The predicted molar refractivity (Wildman–Crippen MR) is 110 cm³/mol. The molecule has 148 valence electrons. The third-order valence-corrected chi connectivity index (χ3v) is 4.99. The van der Waals surface area contributed by atoms with Crippen LogP contribution in [0.3, 0.4) is 0 Å². The van der Waals surface area contributed by atoms with Crippen molar-refractivity contribution in [1.82, 2.24) is 0 Å². The third kappa shape index (κ3) is 2.95. The number of carbonyl (C=O) groups excluding carboxylic acids is 2. The third-order valence-electron chi connectivity index (χ3n) is 4.99. The highest BCUT2D eigenvalue weighted by Gasteiger charge is 2.36. The minimum atomic E-state index is -1.30. The molecule has 0 amide bonds. The number of phenols is 1. The lowest BCUT2D eigenvalue weighted by Gasteiger charge is -2.22. The fourth-order valence-corrected chi connectivity index (χ4v) is 3.63. The van der Waals surface area contributed by atoms with Crippen molar-refractivity contribution in [2.75, 3.05) is 7.11 Å². The maximum atomic E-state index is 13.3. The van der Waals surface area contributed by atoms with E-state index in [-0.39, 0.29) is 44.9 Å². The number of fused-ring (bicyclic) bond motifs is 2. The van der Waals surface area contributed by atoms with E-state index in [1.165, 1.54) is 37.5 Å². The summed E-state index contributed by atoms with van der Waals surface area (Å²) >= 11 is 0. The summed E-state index contributed by atoms with van der Waals surface area (Å²) in [5.41, 5.74) is 0.494. The fourth-order valence-electron chi connectivity index (χ4n) is 3.63. The van der Waals surface area contributed by atoms with Gasteiger partial charge in [-0.25, -0.2) is 4.79 Å². The first kappa shape index (κ1) is 19.1. The van der Waals surface area contributed by atoms with Gasteiger partial charge >= 0.3 is 5.97 Å². The first-order chi connectivity index (χ1) is 14.4. The topological polar surface area (TPSA) is 101 Å². The van der Waals surface area contributed by atoms with Gasteiger partial charge in [-0.2, -0.15) is 0 Å². The average molecular weight is 400 g/mol. The average Bonchev–Trinajstić information content (AvgIpc) is 2.75. The Morgan fingerprint density at radius 1 is 0.900 bits per heavy atom. The highest BCUT2D eigenvalue weighted by molar-refractivity contribution is 6.31. The minimum absolute atomic E-state index is 0.0290. The lowest BCUT2D eigenvalue weighted by Crippen LogP contribution is -2.24. The number of hydrogen-bond donors (Lipinski definition) is 2. The second kappa shape index (κ2) is 7.33. The molecule has 3 aromatic rings. The molecule has 0 bridgehead atoms. The Hall–Kier alpha value is -4.19. The molecule has 0 aliphatic heterocycles. The molecule has 0 spiro atoms.